The number of aromatic nitrogens is 1. The van der Waals surface area contributed by atoms with E-state index in [1.165, 1.54) is 24.3 Å². The van der Waals surface area contributed by atoms with Gasteiger partial charge in [0.2, 0.25) is 11.8 Å². The lowest BCUT2D eigenvalue weighted by Gasteiger charge is -2.30. The second kappa shape index (κ2) is 10.8. The van der Waals surface area contributed by atoms with Crippen LogP contribution < -0.4 is 14.5 Å². The molecule has 15 heteroatoms. The highest BCUT2D eigenvalue weighted by molar-refractivity contribution is 8.00. The van der Waals surface area contributed by atoms with Crippen molar-refractivity contribution in [1.82, 2.24) is 4.98 Å². The summed E-state index contributed by atoms with van der Waals surface area (Å²) in [5.74, 6) is -3.66. The van der Waals surface area contributed by atoms with Crippen LogP contribution in [0.1, 0.15) is 27.5 Å². The van der Waals surface area contributed by atoms with Crippen molar-refractivity contribution in [3.63, 3.8) is 0 Å². The van der Waals surface area contributed by atoms with E-state index < -0.39 is 50.4 Å². The van der Waals surface area contributed by atoms with Crippen molar-refractivity contribution in [1.29, 1.82) is 0 Å². The molecule has 6 rings (SSSR count). The van der Waals surface area contributed by atoms with Crippen molar-refractivity contribution in [2.24, 2.45) is 5.92 Å². The van der Waals surface area contributed by atoms with Gasteiger partial charge in [-0.2, -0.15) is 13.2 Å². The van der Waals surface area contributed by atoms with E-state index in [2.05, 4.69) is 4.98 Å². The highest BCUT2D eigenvalue weighted by Crippen LogP contribution is 2.55. The Morgan fingerprint density at radius 3 is 2.47 bits per heavy atom. The number of non-ortho nitro benzene ring substituents is 1. The number of benzene rings is 3. The molecule has 1 N–H and O–H groups in total. The number of aromatic amines is 1. The Bertz CT molecular complexity index is 1840. The Morgan fingerprint density at radius 2 is 1.77 bits per heavy atom. The van der Waals surface area contributed by atoms with Crippen molar-refractivity contribution in [3.05, 3.63) is 113 Å². The minimum Gasteiger partial charge on any atom is -0.489 e. The number of thioether (sulfide) groups is 1. The van der Waals surface area contributed by atoms with Crippen LogP contribution in [0.25, 0.3) is 0 Å². The summed E-state index contributed by atoms with van der Waals surface area (Å²) >= 11 is 7.68. The van der Waals surface area contributed by atoms with Gasteiger partial charge >= 0.3 is 11.0 Å². The molecule has 2 aliphatic heterocycles. The zero-order chi connectivity index (χ0) is 30.6. The second-order valence-corrected chi connectivity index (χ2v) is 12.3. The number of ether oxygens (including phenoxy) is 1. The Morgan fingerprint density at radius 1 is 1.02 bits per heavy atom. The Balaban J connectivity index is 1.47. The number of fused-ring (bicyclic) bond motifs is 2. The number of H-pyrrole nitrogens is 1. The predicted molar refractivity (Wildman–Crippen MR) is 153 cm³/mol. The molecule has 0 radical (unpaired) electrons. The number of imide groups is 1. The fourth-order valence-corrected chi connectivity index (χ4v) is 7.83. The molecule has 0 aliphatic carbocycles. The normalized spacial score (nSPS) is 19.7. The van der Waals surface area contributed by atoms with Crippen molar-refractivity contribution in [2.75, 3.05) is 4.90 Å². The maximum absolute atomic E-state index is 14.0. The summed E-state index contributed by atoms with van der Waals surface area (Å²) in [5.41, 5.74) is -0.708. The lowest BCUT2D eigenvalue weighted by atomic mass is 9.82. The minimum atomic E-state index is -4.71. The number of halogens is 4. The fraction of sp³-hybridized carbons (Fsp3) is 0.179. The first kappa shape index (κ1) is 29.0. The highest BCUT2D eigenvalue weighted by atomic mass is 35.5. The lowest BCUT2D eigenvalue weighted by molar-refractivity contribution is -0.385. The summed E-state index contributed by atoms with van der Waals surface area (Å²) in [4.78, 5) is 54.5. The van der Waals surface area contributed by atoms with Gasteiger partial charge in [0.1, 0.15) is 17.6 Å². The van der Waals surface area contributed by atoms with E-state index in [1.54, 1.807) is 24.3 Å². The topological polar surface area (TPSA) is 123 Å². The smallest absolute Gasteiger partial charge is 0.416 e. The molecular formula is C28H17ClF3N3O6S2. The standard InChI is InChI=1S/C28H17ClF3N3O6S2/c29-15-6-4-13(5-7-15)12-41-19-9-8-17(35(39)40)11-18(19)20-21-23(42-24-22(20)43-27(38)33-24)26(37)34(25(21)36)16-3-1-2-14(10-16)28(30,31)32/h1-11,20-21,23H,12H2,(H,33,38). The summed E-state index contributed by atoms with van der Waals surface area (Å²) in [6.07, 6.45) is -4.71. The molecule has 0 spiro atoms. The molecule has 0 saturated carbocycles. The number of alkyl halides is 3. The van der Waals surface area contributed by atoms with Crippen LogP contribution in [-0.2, 0) is 22.4 Å². The number of nitro groups is 1. The van der Waals surface area contributed by atoms with Gasteiger partial charge in [0, 0.05) is 33.5 Å². The molecule has 2 amide bonds. The van der Waals surface area contributed by atoms with Gasteiger partial charge in [-0.05, 0) is 42.0 Å². The van der Waals surface area contributed by atoms with Crippen LogP contribution in [0.3, 0.4) is 0 Å². The number of rotatable bonds is 6. The Kier molecular flexibility index (Phi) is 7.30. The Hall–Kier alpha value is -4.14. The number of nitrogens with one attached hydrogen (secondary N) is 1. The molecule has 2 aliphatic rings. The van der Waals surface area contributed by atoms with Gasteiger partial charge in [-0.1, -0.05) is 52.9 Å². The molecule has 0 bridgehead atoms. The van der Waals surface area contributed by atoms with Crippen LogP contribution >= 0.6 is 34.7 Å². The van der Waals surface area contributed by atoms with E-state index in [0.717, 1.165) is 46.9 Å². The van der Waals surface area contributed by atoms with Crippen molar-refractivity contribution in [2.45, 2.75) is 29.0 Å². The Labute approximate surface area is 253 Å². The maximum Gasteiger partial charge on any atom is 0.416 e. The van der Waals surface area contributed by atoms with Gasteiger partial charge in [0.25, 0.3) is 5.69 Å². The maximum atomic E-state index is 14.0. The molecule has 9 nitrogen and oxygen atoms in total. The van der Waals surface area contributed by atoms with Crippen LogP contribution in [0.2, 0.25) is 5.02 Å². The predicted octanol–water partition coefficient (Wildman–Crippen LogP) is 6.39. The van der Waals surface area contributed by atoms with Crippen molar-refractivity contribution in [3.8, 4) is 5.75 Å². The first-order chi connectivity index (χ1) is 20.4. The molecule has 3 aromatic carbocycles. The zero-order valence-electron chi connectivity index (χ0n) is 21.5. The largest absolute Gasteiger partial charge is 0.489 e. The van der Waals surface area contributed by atoms with Gasteiger partial charge in [-0.15, -0.1) is 0 Å². The van der Waals surface area contributed by atoms with Gasteiger partial charge in [-0.3, -0.25) is 24.5 Å². The second-order valence-electron chi connectivity index (χ2n) is 9.70. The van der Waals surface area contributed by atoms with E-state index in [1.807, 2.05) is 0 Å². The summed E-state index contributed by atoms with van der Waals surface area (Å²) in [7, 11) is 0. The van der Waals surface area contributed by atoms with E-state index >= 15 is 0 Å². The molecule has 3 unspecified atom stereocenters. The van der Waals surface area contributed by atoms with Crippen LogP contribution in [0.15, 0.2) is 76.6 Å². The number of nitro benzene ring substituents is 1. The molecule has 1 aromatic heterocycles. The number of nitrogens with zero attached hydrogens (tertiary/aromatic N) is 2. The molecular weight excluding hydrogens is 631 g/mol. The summed E-state index contributed by atoms with van der Waals surface area (Å²) in [5, 5.41) is 11.4. The number of anilines is 1. The first-order valence-corrected chi connectivity index (χ1v) is 14.6. The quantitative estimate of drug-likeness (QED) is 0.146. The number of amides is 2. The average molecular weight is 648 g/mol. The lowest BCUT2D eigenvalue weighted by Crippen LogP contribution is -2.32. The van der Waals surface area contributed by atoms with E-state index in [0.29, 0.717) is 19.8 Å². The van der Waals surface area contributed by atoms with Gasteiger partial charge in [0.15, 0.2) is 0 Å². The van der Waals surface area contributed by atoms with Gasteiger partial charge < -0.3 is 9.72 Å². The number of hydrogen-bond acceptors (Lipinski definition) is 8. The van der Waals surface area contributed by atoms with Gasteiger partial charge in [-0.25, -0.2) is 4.90 Å². The molecule has 3 heterocycles. The minimum absolute atomic E-state index is 0.0248. The van der Waals surface area contributed by atoms with Crippen LogP contribution in [0.4, 0.5) is 24.5 Å². The third-order valence-electron chi connectivity index (χ3n) is 7.10. The average Bonchev–Trinajstić information content (AvgIpc) is 3.46. The van der Waals surface area contributed by atoms with E-state index in [-0.39, 0.29) is 29.3 Å². The molecule has 3 atom stereocenters. The third kappa shape index (κ3) is 5.30. The number of thiazole rings is 1. The van der Waals surface area contributed by atoms with Crippen LogP contribution in [0, 0.1) is 16.0 Å². The molecule has 220 valence electrons. The number of carbonyl (C=O) groups is 2. The molecule has 1 saturated heterocycles. The third-order valence-corrected chi connectivity index (χ3v) is 9.76. The summed E-state index contributed by atoms with van der Waals surface area (Å²) in [6.45, 7) is 0.0248. The highest BCUT2D eigenvalue weighted by Gasteiger charge is 2.57. The van der Waals surface area contributed by atoms with E-state index in [4.69, 9.17) is 16.3 Å². The molecule has 4 aromatic rings. The fourth-order valence-electron chi connectivity index (χ4n) is 5.19. The molecule has 1 fully saturated rings. The SMILES string of the molecule is O=C1C2Sc3[nH]c(=O)sc3C(c3cc([N+](=O)[O-])ccc3OCc3ccc(Cl)cc3)C2C(=O)N1c1cccc(C(F)(F)F)c1. The summed E-state index contributed by atoms with van der Waals surface area (Å²) in [6, 6.07) is 14.5. The first-order valence-electron chi connectivity index (χ1n) is 12.5. The summed E-state index contributed by atoms with van der Waals surface area (Å²) < 4.78 is 46.5. The van der Waals surface area contributed by atoms with Crippen molar-refractivity contribution < 1.29 is 32.4 Å². The van der Waals surface area contributed by atoms with Crippen LogP contribution in [0.5, 0.6) is 5.75 Å². The van der Waals surface area contributed by atoms with Gasteiger partial charge in [0.05, 0.1) is 27.1 Å². The van der Waals surface area contributed by atoms with E-state index in [9.17, 15) is 37.7 Å². The number of carbonyl (C=O) groups excluding carboxylic acids is 2. The molecule has 43 heavy (non-hydrogen) atoms. The van der Waals surface area contributed by atoms with Crippen LogP contribution in [-0.4, -0.2) is 27.0 Å². The van der Waals surface area contributed by atoms with Crippen molar-refractivity contribution >= 4 is 57.9 Å². The monoisotopic (exact) mass is 647 g/mol. The zero-order valence-corrected chi connectivity index (χ0v) is 23.9. The number of hydrogen-bond donors (Lipinski definition) is 1.